The smallest absolute Gasteiger partial charge is 0.162 e. The predicted molar refractivity (Wildman–Crippen MR) is 166 cm³/mol. The third-order valence-electron chi connectivity index (χ3n) is 6.54. The molecule has 1 unspecified atom stereocenters. The van der Waals surface area contributed by atoms with Crippen molar-refractivity contribution in [3.05, 3.63) is 53.1 Å². The van der Waals surface area contributed by atoms with Crippen LogP contribution in [0.4, 0.5) is 17.1 Å². The van der Waals surface area contributed by atoms with Gasteiger partial charge in [0.2, 0.25) is 0 Å². The third kappa shape index (κ3) is 12.2. The first kappa shape index (κ1) is 32.9. The lowest BCUT2D eigenvalue weighted by Crippen LogP contribution is -2.06. The van der Waals surface area contributed by atoms with Crippen LogP contribution < -0.4 is 10.6 Å². The van der Waals surface area contributed by atoms with Gasteiger partial charge in [0, 0.05) is 30.3 Å². The number of anilines is 3. The number of carbonyl (C=O) groups is 2. The Morgan fingerprint density at radius 2 is 1.74 bits per heavy atom. The molecule has 0 heterocycles. The van der Waals surface area contributed by atoms with Crippen molar-refractivity contribution in [3.63, 3.8) is 0 Å². The van der Waals surface area contributed by atoms with Crippen molar-refractivity contribution in [2.75, 3.05) is 30.2 Å². The molecule has 2 aromatic carbocycles. The van der Waals surface area contributed by atoms with Crippen molar-refractivity contribution in [2.24, 2.45) is 5.92 Å². The van der Waals surface area contributed by atoms with Gasteiger partial charge < -0.3 is 10.6 Å². The number of Topliss-reactive ketones (excluding diaryl/α,β-unsaturated/α-hetero) is 1. The van der Waals surface area contributed by atoms with E-state index < -0.39 is 7.92 Å². The largest absolute Gasteiger partial charge is 0.386 e. The molecule has 0 aromatic heterocycles. The van der Waals surface area contributed by atoms with Crippen molar-refractivity contribution in [2.45, 2.75) is 91.8 Å². The maximum absolute atomic E-state index is 12.7. The normalized spacial score (nSPS) is 12.1. The molecular formula is C32H49N2O4P. The summed E-state index contributed by atoms with van der Waals surface area (Å²) in [6.45, 7) is 10.6. The minimum Gasteiger partial charge on any atom is -0.386 e. The highest BCUT2D eigenvalue weighted by atomic mass is 31.1. The Morgan fingerprint density at radius 1 is 0.974 bits per heavy atom. The highest BCUT2D eigenvalue weighted by Gasteiger charge is 2.15. The molecule has 0 fully saturated rings. The number of unbranched alkanes of at least 4 members (excludes halogenated alkanes) is 3. The summed E-state index contributed by atoms with van der Waals surface area (Å²) in [5.41, 5.74) is 4.85. The zero-order valence-corrected chi connectivity index (χ0v) is 25.7. The zero-order valence-electron chi connectivity index (χ0n) is 24.8. The average molecular weight is 557 g/mol. The molecule has 6 nitrogen and oxygen atoms in total. The van der Waals surface area contributed by atoms with E-state index in [0.29, 0.717) is 29.8 Å². The molecule has 0 saturated carbocycles. The predicted octanol–water partition coefficient (Wildman–Crippen LogP) is 9.17. The second-order valence-corrected chi connectivity index (χ2v) is 13.3. The van der Waals surface area contributed by atoms with Gasteiger partial charge in [-0.1, -0.05) is 60.4 Å². The van der Waals surface area contributed by atoms with Gasteiger partial charge in [0.05, 0.1) is 17.5 Å². The first-order valence-electron chi connectivity index (χ1n) is 14.5. The highest BCUT2D eigenvalue weighted by molar-refractivity contribution is 7.56. The summed E-state index contributed by atoms with van der Waals surface area (Å²) in [6.07, 6.45) is 10.8. The van der Waals surface area contributed by atoms with Gasteiger partial charge in [-0.05, 0) is 80.8 Å². The fourth-order valence-electron chi connectivity index (χ4n) is 4.37. The fourth-order valence-corrected chi connectivity index (χ4v) is 6.30. The second-order valence-electron chi connectivity index (χ2n) is 10.9. The van der Waals surface area contributed by atoms with Crippen LogP contribution >= 0.6 is 7.92 Å². The Balaban J connectivity index is 2.12. The lowest BCUT2D eigenvalue weighted by Gasteiger charge is -2.20. The lowest BCUT2D eigenvalue weighted by molar-refractivity contribution is -0.303. The van der Waals surface area contributed by atoms with E-state index in [1.54, 1.807) is 0 Å². The van der Waals surface area contributed by atoms with E-state index in [1.165, 1.54) is 12.8 Å². The number of aldehydes is 1. The summed E-state index contributed by atoms with van der Waals surface area (Å²) < 4.78 is 0. The maximum Gasteiger partial charge on any atom is 0.162 e. The van der Waals surface area contributed by atoms with Gasteiger partial charge in [-0.2, -0.15) is 0 Å². The molecule has 0 radical (unpaired) electrons. The number of nitrogens with one attached hydrogen (secondary N) is 2. The van der Waals surface area contributed by atoms with Gasteiger partial charge in [0.1, 0.15) is 6.35 Å². The molecule has 39 heavy (non-hydrogen) atoms. The Bertz CT molecular complexity index is 1010. The summed E-state index contributed by atoms with van der Waals surface area (Å²) >= 11 is 0. The lowest BCUT2D eigenvalue weighted by atomic mass is 10.0. The number of rotatable bonds is 20. The highest BCUT2D eigenvalue weighted by Crippen LogP contribution is 2.42. The van der Waals surface area contributed by atoms with E-state index in [1.807, 2.05) is 51.2 Å². The van der Waals surface area contributed by atoms with Crippen LogP contribution in [0.25, 0.3) is 0 Å². The van der Waals surface area contributed by atoms with Crippen molar-refractivity contribution >= 4 is 37.1 Å². The quantitative estimate of drug-likeness (QED) is 0.0423. The Morgan fingerprint density at radius 3 is 2.41 bits per heavy atom. The first-order valence-corrected chi connectivity index (χ1v) is 16.4. The Hall–Kier alpha value is -2.27. The molecule has 0 spiro atoms. The van der Waals surface area contributed by atoms with Crippen molar-refractivity contribution in [3.8, 4) is 0 Å². The van der Waals surface area contributed by atoms with Gasteiger partial charge in [0.25, 0.3) is 0 Å². The molecule has 0 bridgehead atoms. The molecule has 0 aliphatic rings. The molecule has 0 saturated heterocycles. The summed E-state index contributed by atoms with van der Waals surface area (Å²) in [5, 5.41) is 6.59. The van der Waals surface area contributed by atoms with Gasteiger partial charge in [-0.15, -0.1) is 0 Å². The molecule has 1 atom stereocenters. The number of carbonyl (C=O) groups excluding carboxylic acids is 2. The van der Waals surface area contributed by atoms with Crippen LogP contribution in [0.5, 0.6) is 0 Å². The molecule has 2 N–H and O–H groups in total. The van der Waals surface area contributed by atoms with Crippen LogP contribution in [-0.2, 0) is 15.9 Å². The number of ketones is 1. The molecule has 2 rings (SSSR count). The van der Waals surface area contributed by atoms with Crippen molar-refractivity contribution in [1.82, 2.24) is 0 Å². The van der Waals surface area contributed by atoms with E-state index in [2.05, 4.69) is 37.5 Å². The Labute approximate surface area is 237 Å². The van der Waals surface area contributed by atoms with Crippen LogP contribution in [0.2, 0.25) is 0 Å². The van der Waals surface area contributed by atoms with Crippen LogP contribution in [-0.4, -0.2) is 37.7 Å². The summed E-state index contributed by atoms with van der Waals surface area (Å²) in [7, 11) is 1.42. The minimum absolute atomic E-state index is 0.0324. The van der Waals surface area contributed by atoms with E-state index >= 15 is 0 Å². The first-order chi connectivity index (χ1) is 18.8. The van der Waals surface area contributed by atoms with Crippen LogP contribution in [0, 0.1) is 5.92 Å². The minimum atomic E-state index is -0.424. The van der Waals surface area contributed by atoms with Gasteiger partial charge >= 0.3 is 0 Å². The monoisotopic (exact) mass is 556 g/mol. The Kier molecular flexibility index (Phi) is 15.3. The second kappa shape index (κ2) is 18.1. The summed E-state index contributed by atoms with van der Waals surface area (Å²) in [4.78, 5) is 35.6. The number of benzene rings is 2. The SMILES string of the molecule is CCCCCCC(=O)c1ccc(Nc2ccc(CP(CCCC(C)C)COOC(C)C)cc2C=O)c(NC)c1. The molecule has 0 aliphatic carbocycles. The zero-order chi connectivity index (χ0) is 28.6. The average Bonchev–Trinajstić information content (AvgIpc) is 2.91. The van der Waals surface area contributed by atoms with Crippen molar-refractivity contribution < 1.29 is 19.4 Å². The topological polar surface area (TPSA) is 76.7 Å². The fraction of sp³-hybridized carbons (Fsp3) is 0.562. The molecule has 216 valence electrons. The van der Waals surface area contributed by atoms with Gasteiger partial charge in [-0.25, -0.2) is 9.78 Å². The van der Waals surface area contributed by atoms with Gasteiger partial charge in [-0.3, -0.25) is 9.59 Å². The maximum atomic E-state index is 12.7. The van der Waals surface area contributed by atoms with E-state index in [4.69, 9.17) is 9.78 Å². The van der Waals surface area contributed by atoms with Crippen LogP contribution in [0.3, 0.4) is 0 Å². The number of hydrogen-bond acceptors (Lipinski definition) is 6. The molecule has 7 heteroatoms. The van der Waals surface area contributed by atoms with Crippen molar-refractivity contribution in [1.29, 1.82) is 0 Å². The summed E-state index contributed by atoms with van der Waals surface area (Å²) in [6, 6.07) is 11.7. The standard InChI is InChI=1S/C32H49N2O4P/c1-7-8-9-10-13-32(36)27-15-17-30(31(20-27)33-6)34-29-16-14-26(19-28(29)21-35)22-39(18-11-12-24(2)3)23-37-38-25(4)5/h14-17,19-21,24-25,33-34H,7-13,18,22-23H2,1-6H3. The van der Waals surface area contributed by atoms with Crippen LogP contribution in [0.1, 0.15) is 106 Å². The van der Waals surface area contributed by atoms with Gasteiger partial charge in [0.15, 0.2) is 12.1 Å². The van der Waals surface area contributed by atoms with E-state index in [0.717, 1.165) is 66.9 Å². The molecule has 0 amide bonds. The molecular weight excluding hydrogens is 507 g/mol. The number of hydrogen-bond donors (Lipinski definition) is 2. The summed E-state index contributed by atoms with van der Waals surface area (Å²) in [5.74, 6) is 0.849. The molecule has 0 aliphatic heterocycles. The third-order valence-corrected chi connectivity index (χ3v) is 8.77. The van der Waals surface area contributed by atoms with E-state index in [9.17, 15) is 9.59 Å². The molecule has 2 aromatic rings. The van der Waals surface area contributed by atoms with E-state index in [-0.39, 0.29) is 11.9 Å². The van der Waals surface area contributed by atoms with Crippen LogP contribution in [0.15, 0.2) is 36.4 Å².